The number of nitrogens with one attached hydrogen (secondary N) is 1. The van der Waals surface area contributed by atoms with E-state index in [2.05, 4.69) is 5.32 Å². The molecule has 1 aliphatic rings. The van der Waals surface area contributed by atoms with Gasteiger partial charge in [0, 0.05) is 11.8 Å². The van der Waals surface area contributed by atoms with E-state index in [9.17, 15) is 34.4 Å². The van der Waals surface area contributed by atoms with E-state index in [4.69, 9.17) is 16.3 Å². The van der Waals surface area contributed by atoms with Crippen LogP contribution in [0.25, 0.3) is 6.08 Å². The number of benzene rings is 2. The highest BCUT2D eigenvalue weighted by Gasteiger charge is 2.36. The molecule has 3 amide bonds. The van der Waals surface area contributed by atoms with Crippen LogP contribution in [-0.2, 0) is 14.3 Å². The Morgan fingerprint density at radius 2 is 2.00 bits per heavy atom. The molecular formula is C21H16ClN3O8S. The van der Waals surface area contributed by atoms with Crippen LogP contribution in [0.1, 0.15) is 22.8 Å². The minimum absolute atomic E-state index is 0.0402. The van der Waals surface area contributed by atoms with Crippen molar-refractivity contribution in [3.63, 3.8) is 0 Å². The number of imide groups is 1. The van der Waals surface area contributed by atoms with Crippen molar-refractivity contribution in [2.45, 2.75) is 6.92 Å². The van der Waals surface area contributed by atoms with Gasteiger partial charge in [0.05, 0.1) is 27.0 Å². The molecule has 13 heteroatoms. The van der Waals surface area contributed by atoms with Crippen LogP contribution in [0, 0.1) is 10.1 Å². The lowest BCUT2D eigenvalue weighted by molar-refractivity contribution is -0.385. The van der Waals surface area contributed by atoms with Crippen LogP contribution in [0.5, 0.6) is 5.75 Å². The van der Waals surface area contributed by atoms with E-state index in [1.165, 1.54) is 30.3 Å². The number of phenolic OH excluding ortho intramolecular Hbond substituents is 1. The Labute approximate surface area is 201 Å². The molecule has 0 spiro atoms. The molecule has 0 atom stereocenters. The molecule has 1 saturated heterocycles. The first-order valence-electron chi connectivity index (χ1n) is 9.60. The van der Waals surface area contributed by atoms with Gasteiger partial charge in [0.15, 0.2) is 5.75 Å². The van der Waals surface area contributed by atoms with Crippen LogP contribution in [-0.4, -0.2) is 51.1 Å². The molecule has 0 saturated carbocycles. The van der Waals surface area contributed by atoms with Crippen molar-refractivity contribution >= 4 is 63.8 Å². The summed E-state index contributed by atoms with van der Waals surface area (Å²) in [5, 5.41) is 22.4. The number of esters is 1. The lowest BCUT2D eigenvalue weighted by Crippen LogP contribution is -2.36. The molecular weight excluding hydrogens is 490 g/mol. The number of aromatic hydroxyl groups is 1. The fourth-order valence-corrected chi connectivity index (χ4v) is 3.91. The molecule has 2 aromatic rings. The molecule has 0 radical (unpaired) electrons. The number of carbonyl (C=O) groups excluding carboxylic acids is 4. The van der Waals surface area contributed by atoms with Crippen molar-refractivity contribution in [2.75, 3.05) is 18.5 Å². The average molecular weight is 506 g/mol. The zero-order valence-corrected chi connectivity index (χ0v) is 19.0. The van der Waals surface area contributed by atoms with Gasteiger partial charge in [0.1, 0.15) is 6.54 Å². The highest BCUT2D eigenvalue weighted by molar-refractivity contribution is 8.18. The van der Waals surface area contributed by atoms with Crippen molar-refractivity contribution in [3.05, 3.63) is 67.6 Å². The van der Waals surface area contributed by atoms with Gasteiger partial charge in [-0.1, -0.05) is 17.7 Å². The van der Waals surface area contributed by atoms with Gasteiger partial charge in [-0.25, -0.2) is 4.79 Å². The Bertz CT molecular complexity index is 1250. The maximum absolute atomic E-state index is 12.6. The number of phenols is 1. The number of thioether (sulfide) groups is 1. The Morgan fingerprint density at radius 1 is 1.26 bits per heavy atom. The number of ether oxygens (including phenoxy) is 1. The summed E-state index contributed by atoms with van der Waals surface area (Å²) < 4.78 is 4.90. The maximum Gasteiger partial charge on any atom is 0.339 e. The van der Waals surface area contributed by atoms with Gasteiger partial charge in [0.25, 0.3) is 11.1 Å². The van der Waals surface area contributed by atoms with Crippen LogP contribution < -0.4 is 5.32 Å². The first kappa shape index (κ1) is 24.7. The highest BCUT2D eigenvalue weighted by Crippen LogP contribution is 2.34. The summed E-state index contributed by atoms with van der Waals surface area (Å²) >= 11 is 6.55. The number of carbonyl (C=O) groups is 4. The second kappa shape index (κ2) is 10.4. The summed E-state index contributed by atoms with van der Waals surface area (Å²) in [7, 11) is 0. The highest BCUT2D eigenvalue weighted by atomic mass is 35.5. The molecule has 0 unspecified atom stereocenters. The summed E-state index contributed by atoms with van der Waals surface area (Å²) in [6.07, 6.45) is 1.25. The second-order valence-corrected chi connectivity index (χ2v) is 8.14. The normalized spacial score (nSPS) is 14.4. The van der Waals surface area contributed by atoms with Crippen LogP contribution in [0.3, 0.4) is 0 Å². The number of nitrogens with zero attached hydrogens (tertiary/aromatic N) is 2. The first-order chi connectivity index (χ1) is 16.1. The minimum Gasteiger partial charge on any atom is -0.502 e. The molecule has 1 aliphatic heterocycles. The molecule has 1 fully saturated rings. The molecule has 0 aromatic heterocycles. The number of halogens is 1. The quantitative estimate of drug-likeness (QED) is 0.247. The molecule has 11 nitrogen and oxygen atoms in total. The van der Waals surface area contributed by atoms with Crippen molar-refractivity contribution in [1.29, 1.82) is 0 Å². The lowest BCUT2D eigenvalue weighted by Gasteiger charge is -2.13. The third-order valence-electron chi connectivity index (χ3n) is 4.41. The lowest BCUT2D eigenvalue weighted by atomic mass is 10.1. The molecule has 176 valence electrons. The topological polar surface area (TPSA) is 156 Å². The van der Waals surface area contributed by atoms with Gasteiger partial charge >= 0.3 is 11.7 Å². The Hall–Kier alpha value is -3.90. The van der Waals surface area contributed by atoms with Crippen LogP contribution in [0.15, 0.2) is 41.3 Å². The zero-order valence-electron chi connectivity index (χ0n) is 17.4. The molecule has 0 aliphatic carbocycles. The summed E-state index contributed by atoms with van der Waals surface area (Å²) in [6.45, 7) is 1.16. The van der Waals surface area contributed by atoms with Gasteiger partial charge in [-0.2, -0.15) is 0 Å². The summed E-state index contributed by atoms with van der Waals surface area (Å²) in [5.74, 6) is -2.68. The maximum atomic E-state index is 12.6. The van der Waals surface area contributed by atoms with E-state index in [0.717, 1.165) is 12.1 Å². The monoisotopic (exact) mass is 505 g/mol. The van der Waals surface area contributed by atoms with Crippen molar-refractivity contribution in [2.24, 2.45) is 0 Å². The molecule has 34 heavy (non-hydrogen) atoms. The van der Waals surface area contributed by atoms with Gasteiger partial charge in [-0.3, -0.25) is 29.4 Å². The number of hydrogen-bond acceptors (Lipinski definition) is 9. The van der Waals surface area contributed by atoms with Gasteiger partial charge in [0.2, 0.25) is 5.91 Å². The Kier molecular flexibility index (Phi) is 7.54. The number of nitro benzene ring substituents is 1. The third kappa shape index (κ3) is 5.53. The van der Waals surface area contributed by atoms with E-state index in [-0.39, 0.29) is 33.3 Å². The molecule has 0 bridgehead atoms. The smallest absolute Gasteiger partial charge is 0.339 e. The standard InChI is InChI=1S/C21H16ClN3O8S/c1-2-33-20(29)13-9-12(4-5-14(13)22)23-18(27)10-24-19(28)17(34-21(24)30)8-11-3-6-16(26)15(7-11)25(31)32/h3-9,26H,2,10H2,1H3,(H,23,27)/b17-8+. The summed E-state index contributed by atoms with van der Waals surface area (Å²) in [4.78, 5) is 60.2. The van der Waals surface area contributed by atoms with Crippen LogP contribution in [0.2, 0.25) is 5.02 Å². The minimum atomic E-state index is -0.785. The van der Waals surface area contributed by atoms with Crippen molar-refractivity contribution < 1.29 is 33.9 Å². The molecule has 2 N–H and O–H groups in total. The number of rotatable bonds is 7. The van der Waals surface area contributed by atoms with E-state index < -0.39 is 45.9 Å². The molecule has 1 heterocycles. The fraction of sp³-hybridized carbons (Fsp3) is 0.143. The fourth-order valence-electron chi connectivity index (χ4n) is 2.88. The predicted octanol–water partition coefficient (Wildman–Crippen LogP) is 3.81. The van der Waals surface area contributed by atoms with Crippen LogP contribution in [0.4, 0.5) is 16.2 Å². The largest absolute Gasteiger partial charge is 0.502 e. The molecule has 2 aromatic carbocycles. The van der Waals surface area contributed by atoms with Crippen molar-refractivity contribution in [1.82, 2.24) is 4.90 Å². The summed E-state index contributed by atoms with van der Waals surface area (Å²) in [5.41, 5.74) is -0.0978. The molecule has 3 rings (SSSR count). The van der Waals surface area contributed by atoms with Gasteiger partial charge in [-0.05, 0) is 54.6 Å². The Morgan fingerprint density at radius 3 is 2.68 bits per heavy atom. The van der Waals surface area contributed by atoms with Gasteiger partial charge < -0.3 is 15.2 Å². The third-order valence-corrected chi connectivity index (χ3v) is 5.65. The SMILES string of the molecule is CCOC(=O)c1cc(NC(=O)CN2C(=O)S/C(=C/c3ccc(O)c([N+](=O)[O-])c3)C2=O)ccc1Cl. The number of nitro groups is 1. The predicted molar refractivity (Wildman–Crippen MR) is 123 cm³/mol. The van der Waals surface area contributed by atoms with Crippen LogP contribution >= 0.6 is 23.4 Å². The zero-order chi connectivity index (χ0) is 25.0. The van der Waals surface area contributed by atoms with E-state index in [1.54, 1.807) is 6.92 Å². The number of anilines is 1. The summed E-state index contributed by atoms with van der Waals surface area (Å²) in [6, 6.07) is 7.63. The Balaban J connectivity index is 1.72. The first-order valence-corrected chi connectivity index (χ1v) is 10.8. The number of amides is 3. The van der Waals surface area contributed by atoms with E-state index >= 15 is 0 Å². The second-order valence-electron chi connectivity index (χ2n) is 6.74. The van der Waals surface area contributed by atoms with Gasteiger partial charge in [-0.15, -0.1) is 0 Å². The van der Waals surface area contributed by atoms with E-state index in [1.807, 2.05) is 0 Å². The van der Waals surface area contributed by atoms with Crippen molar-refractivity contribution in [3.8, 4) is 5.75 Å². The van der Waals surface area contributed by atoms with E-state index in [0.29, 0.717) is 16.7 Å². The average Bonchev–Trinajstić information content (AvgIpc) is 3.03. The number of hydrogen-bond donors (Lipinski definition) is 2.